The van der Waals surface area contributed by atoms with Crippen molar-refractivity contribution in [3.8, 4) is 0 Å². The normalized spacial score (nSPS) is 19.6. The summed E-state index contributed by atoms with van der Waals surface area (Å²) in [6.45, 7) is 0. The highest BCUT2D eigenvalue weighted by molar-refractivity contribution is 7.80. The standard InChI is InChI=1S/C23H30ClN7O2S/c1-30(2)21-17-5-3-4-6-19(17)27-22(29-21)25-14-7-9-15(10-8-14)26-23(34)28-20-12-11-16(31(32)33)13-18(20)24/h11-15H,3-10H2,1-2H3,(H,25,27,29)(H2,26,28,34)/t14-,15+. The number of benzene rings is 1. The van der Waals surface area contributed by atoms with Crippen LogP contribution in [0.4, 0.5) is 23.1 Å². The Hall–Kier alpha value is -2.72. The van der Waals surface area contributed by atoms with Crippen LogP contribution in [0.5, 0.6) is 0 Å². The largest absolute Gasteiger partial charge is 0.362 e. The zero-order valence-electron chi connectivity index (χ0n) is 19.4. The van der Waals surface area contributed by atoms with Crippen molar-refractivity contribution >= 4 is 52.1 Å². The molecule has 0 bridgehead atoms. The molecule has 1 heterocycles. The lowest BCUT2D eigenvalue weighted by molar-refractivity contribution is -0.384. The van der Waals surface area contributed by atoms with Crippen LogP contribution in [0.3, 0.4) is 0 Å². The molecule has 0 spiro atoms. The number of aryl methyl sites for hydroxylation is 1. The van der Waals surface area contributed by atoms with Crippen molar-refractivity contribution in [3.63, 3.8) is 0 Å². The molecule has 0 aliphatic heterocycles. The number of non-ortho nitro benzene ring substituents is 1. The maximum atomic E-state index is 10.9. The van der Waals surface area contributed by atoms with Crippen molar-refractivity contribution in [2.24, 2.45) is 0 Å². The number of nitrogens with zero attached hydrogens (tertiary/aromatic N) is 4. The number of aromatic nitrogens is 2. The van der Waals surface area contributed by atoms with Crippen molar-refractivity contribution in [2.45, 2.75) is 63.5 Å². The first-order chi connectivity index (χ1) is 16.3. The number of rotatable bonds is 6. The quantitative estimate of drug-likeness (QED) is 0.294. The van der Waals surface area contributed by atoms with E-state index in [0.29, 0.717) is 16.8 Å². The number of hydrogen-bond acceptors (Lipinski definition) is 7. The first kappa shape index (κ1) is 24.4. The lowest BCUT2D eigenvalue weighted by Gasteiger charge is -2.31. The zero-order valence-corrected chi connectivity index (χ0v) is 21.0. The predicted molar refractivity (Wildman–Crippen MR) is 140 cm³/mol. The Morgan fingerprint density at radius 3 is 2.53 bits per heavy atom. The third-order valence-corrected chi connectivity index (χ3v) is 6.92. The van der Waals surface area contributed by atoms with Gasteiger partial charge in [0.25, 0.3) is 5.69 Å². The maximum Gasteiger partial charge on any atom is 0.271 e. The minimum Gasteiger partial charge on any atom is -0.362 e. The molecular weight excluding hydrogens is 474 g/mol. The Labute approximate surface area is 209 Å². The van der Waals surface area contributed by atoms with Crippen molar-refractivity contribution in [1.82, 2.24) is 15.3 Å². The number of fused-ring (bicyclic) bond motifs is 1. The zero-order chi connectivity index (χ0) is 24.2. The lowest BCUT2D eigenvalue weighted by atomic mass is 9.91. The molecule has 9 nitrogen and oxygen atoms in total. The molecule has 0 saturated heterocycles. The second-order valence-corrected chi connectivity index (χ2v) is 9.93. The SMILES string of the molecule is CN(C)c1nc(N[C@H]2CC[C@@H](NC(=S)Nc3ccc([N+](=O)[O-])cc3Cl)CC2)nc2c1CCCC2. The molecule has 1 aromatic carbocycles. The molecule has 1 fully saturated rings. The first-order valence-electron chi connectivity index (χ1n) is 11.6. The molecule has 4 rings (SSSR count). The van der Waals surface area contributed by atoms with E-state index in [2.05, 4.69) is 20.9 Å². The molecular formula is C23H30ClN7O2S. The third-order valence-electron chi connectivity index (χ3n) is 6.39. The molecule has 0 atom stereocenters. The van der Waals surface area contributed by atoms with E-state index in [9.17, 15) is 10.1 Å². The van der Waals surface area contributed by atoms with Crippen LogP contribution in [0.1, 0.15) is 49.8 Å². The van der Waals surface area contributed by atoms with Gasteiger partial charge in [0.15, 0.2) is 5.11 Å². The van der Waals surface area contributed by atoms with Gasteiger partial charge in [-0.2, -0.15) is 4.98 Å². The van der Waals surface area contributed by atoms with Gasteiger partial charge in [-0.25, -0.2) is 4.98 Å². The van der Waals surface area contributed by atoms with Gasteiger partial charge in [0, 0.05) is 43.9 Å². The molecule has 182 valence electrons. The van der Waals surface area contributed by atoms with Gasteiger partial charge in [-0.3, -0.25) is 10.1 Å². The number of thiocarbonyl (C=S) groups is 1. The number of nitro benzene ring substituents is 1. The van der Waals surface area contributed by atoms with Crippen LogP contribution in [0.15, 0.2) is 18.2 Å². The summed E-state index contributed by atoms with van der Waals surface area (Å²) < 4.78 is 0. The fourth-order valence-corrected chi connectivity index (χ4v) is 5.13. The second-order valence-electron chi connectivity index (χ2n) is 9.11. The number of hydrogen-bond donors (Lipinski definition) is 3. The molecule has 34 heavy (non-hydrogen) atoms. The predicted octanol–water partition coefficient (Wildman–Crippen LogP) is 4.69. The van der Waals surface area contributed by atoms with Gasteiger partial charge in [-0.15, -0.1) is 0 Å². The molecule has 0 amide bonds. The Morgan fingerprint density at radius 2 is 1.85 bits per heavy atom. The second kappa shape index (κ2) is 10.7. The van der Waals surface area contributed by atoms with Gasteiger partial charge >= 0.3 is 0 Å². The Bertz CT molecular complexity index is 1070. The molecule has 2 aromatic rings. The van der Waals surface area contributed by atoms with E-state index in [-0.39, 0.29) is 16.8 Å². The summed E-state index contributed by atoms with van der Waals surface area (Å²) in [5, 5.41) is 21.5. The summed E-state index contributed by atoms with van der Waals surface area (Å²) in [7, 11) is 4.08. The van der Waals surface area contributed by atoms with Crippen LogP contribution in [0, 0.1) is 10.1 Å². The van der Waals surface area contributed by atoms with E-state index < -0.39 is 4.92 Å². The van der Waals surface area contributed by atoms with Crippen molar-refractivity contribution in [1.29, 1.82) is 0 Å². The number of nitrogens with one attached hydrogen (secondary N) is 3. The average Bonchev–Trinajstić information content (AvgIpc) is 2.81. The fourth-order valence-electron chi connectivity index (χ4n) is 4.64. The van der Waals surface area contributed by atoms with Crippen LogP contribution in [-0.4, -0.2) is 46.2 Å². The summed E-state index contributed by atoms with van der Waals surface area (Å²) in [6.07, 6.45) is 8.34. The Kier molecular flexibility index (Phi) is 7.67. The summed E-state index contributed by atoms with van der Waals surface area (Å²) >= 11 is 11.6. The highest BCUT2D eigenvalue weighted by Crippen LogP contribution is 2.30. The smallest absolute Gasteiger partial charge is 0.271 e. The molecule has 1 saturated carbocycles. The molecule has 2 aliphatic carbocycles. The van der Waals surface area contributed by atoms with Gasteiger partial charge < -0.3 is 20.9 Å². The topological polar surface area (TPSA) is 108 Å². The highest BCUT2D eigenvalue weighted by Gasteiger charge is 2.24. The van der Waals surface area contributed by atoms with Crippen molar-refractivity contribution < 1.29 is 4.92 Å². The molecule has 2 aliphatic rings. The lowest BCUT2D eigenvalue weighted by Crippen LogP contribution is -2.42. The first-order valence-corrected chi connectivity index (χ1v) is 12.4. The third kappa shape index (κ3) is 5.85. The van der Waals surface area contributed by atoms with Gasteiger partial charge in [-0.1, -0.05) is 11.6 Å². The van der Waals surface area contributed by atoms with Crippen LogP contribution in [0.25, 0.3) is 0 Å². The van der Waals surface area contributed by atoms with Gasteiger partial charge in [0.1, 0.15) is 5.82 Å². The van der Waals surface area contributed by atoms with Crippen LogP contribution in [-0.2, 0) is 12.8 Å². The monoisotopic (exact) mass is 503 g/mol. The fraction of sp³-hybridized carbons (Fsp3) is 0.522. The molecule has 11 heteroatoms. The molecule has 3 N–H and O–H groups in total. The van der Waals surface area contributed by atoms with Crippen LogP contribution in [0.2, 0.25) is 5.02 Å². The Morgan fingerprint density at radius 1 is 1.15 bits per heavy atom. The van der Waals surface area contributed by atoms with Gasteiger partial charge in [0.05, 0.1) is 21.3 Å². The Balaban J connectivity index is 1.30. The minimum absolute atomic E-state index is 0.0548. The van der Waals surface area contributed by atoms with E-state index in [1.165, 1.54) is 36.2 Å². The number of halogens is 1. The van der Waals surface area contributed by atoms with Crippen LogP contribution < -0.4 is 20.9 Å². The average molecular weight is 504 g/mol. The van der Waals surface area contributed by atoms with E-state index in [4.69, 9.17) is 33.8 Å². The highest BCUT2D eigenvalue weighted by atomic mass is 35.5. The van der Waals surface area contributed by atoms with Gasteiger partial charge in [0.2, 0.25) is 5.95 Å². The van der Waals surface area contributed by atoms with E-state index in [1.807, 2.05) is 14.1 Å². The molecule has 1 aromatic heterocycles. The van der Waals surface area contributed by atoms with Crippen molar-refractivity contribution in [2.75, 3.05) is 29.6 Å². The minimum atomic E-state index is -0.477. The van der Waals surface area contributed by atoms with E-state index in [0.717, 1.165) is 50.3 Å². The van der Waals surface area contributed by atoms with E-state index >= 15 is 0 Å². The summed E-state index contributed by atoms with van der Waals surface area (Å²) in [6, 6.07) is 4.85. The van der Waals surface area contributed by atoms with E-state index in [1.54, 1.807) is 6.07 Å². The summed E-state index contributed by atoms with van der Waals surface area (Å²) in [4.78, 5) is 22.1. The number of anilines is 3. The molecule has 0 unspecified atom stereocenters. The summed E-state index contributed by atoms with van der Waals surface area (Å²) in [5.74, 6) is 1.76. The molecule has 0 radical (unpaired) electrons. The maximum absolute atomic E-state index is 10.9. The number of nitro groups is 1. The van der Waals surface area contributed by atoms with Crippen LogP contribution >= 0.6 is 23.8 Å². The van der Waals surface area contributed by atoms with Gasteiger partial charge in [-0.05, 0) is 69.7 Å². The van der Waals surface area contributed by atoms with Crippen molar-refractivity contribution in [3.05, 3.63) is 44.6 Å². The summed E-state index contributed by atoms with van der Waals surface area (Å²) in [5.41, 5.74) is 2.97.